The molecule has 206 valence electrons. The van der Waals surface area contributed by atoms with Gasteiger partial charge in [-0.25, -0.2) is 0 Å². The van der Waals surface area contributed by atoms with Crippen LogP contribution in [0.15, 0.2) is 77.2 Å². The van der Waals surface area contributed by atoms with Crippen molar-refractivity contribution < 1.29 is 13.9 Å². The van der Waals surface area contributed by atoms with Gasteiger partial charge >= 0.3 is 0 Å². The highest BCUT2D eigenvalue weighted by molar-refractivity contribution is 9.08. The van der Waals surface area contributed by atoms with Crippen LogP contribution in [-0.2, 0) is 10.7 Å². The summed E-state index contributed by atoms with van der Waals surface area (Å²) in [4.78, 5) is 0. The highest BCUT2D eigenvalue weighted by Crippen LogP contribution is 2.26. The summed E-state index contributed by atoms with van der Waals surface area (Å²) in [5.41, 5.74) is 4.26. The van der Waals surface area contributed by atoms with Gasteiger partial charge in [-0.15, -0.1) is 10.2 Å². The van der Waals surface area contributed by atoms with Crippen LogP contribution in [0.25, 0.3) is 22.9 Å². The zero-order chi connectivity index (χ0) is 27.1. The molecular formula is C32H36Br2N2O3. The lowest BCUT2D eigenvalue weighted by Crippen LogP contribution is -2.00. The van der Waals surface area contributed by atoms with Gasteiger partial charge < -0.3 is 13.9 Å². The number of aromatic nitrogens is 2. The molecule has 0 aliphatic heterocycles. The highest BCUT2D eigenvalue weighted by atomic mass is 79.9. The Bertz CT molecular complexity index is 1250. The van der Waals surface area contributed by atoms with Crippen molar-refractivity contribution in [2.45, 2.75) is 62.0 Å². The van der Waals surface area contributed by atoms with E-state index < -0.39 is 0 Å². The SMILES string of the molecule is BrCc1ccc(CBr)c(OCCCCCCCCCCOc2ccc(-c3nnc(-c4ccccc4)o3)cc2)c1. The lowest BCUT2D eigenvalue weighted by molar-refractivity contribution is 0.300. The first kappa shape index (κ1) is 29.3. The van der Waals surface area contributed by atoms with Gasteiger partial charge in [-0.2, -0.15) is 0 Å². The summed E-state index contributed by atoms with van der Waals surface area (Å²) >= 11 is 7.07. The van der Waals surface area contributed by atoms with E-state index in [1.807, 2.05) is 54.6 Å². The van der Waals surface area contributed by atoms with E-state index in [-0.39, 0.29) is 0 Å². The molecule has 0 aliphatic rings. The lowest BCUT2D eigenvalue weighted by Gasteiger charge is -2.11. The number of benzene rings is 3. The average Bonchev–Trinajstić information content (AvgIpc) is 3.49. The van der Waals surface area contributed by atoms with Crippen molar-refractivity contribution in [2.75, 3.05) is 13.2 Å². The Morgan fingerprint density at radius 3 is 1.79 bits per heavy atom. The zero-order valence-corrected chi connectivity index (χ0v) is 25.5. The fourth-order valence-corrected chi connectivity index (χ4v) is 5.11. The molecule has 1 heterocycles. The highest BCUT2D eigenvalue weighted by Gasteiger charge is 2.10. The minimum absolute atomic E-state index is 0.511. The summed E-state index contributed by atoms with van der Waals surface area (Å²) in [7, 11) is 0. The second-order valence-corrected chi connectivity index (χ2v) is 10.7. The first-order valence-electron chi connectivity index (χ1n) is 13.8. The van der Waals surface area contributed by atoms with Crippen LogP contribution >= 0.6 is 31.9 Å². The Labute approximate surface area is 248 Å². The third-order valence-corrected chi connectivity index (χ3v) is 7.79. The van der Waals surface area contributed by atoms with Gasteiger partial charge in [0.2, 0.25) is 11.8 Å². The van der Waals surface area contributed by atoms with E-state index in [2.05, 4.69) is 60.3 Å². The Balaban J connectivity index is 1.02. The Kier molecular flexibility index (Phi) is 12.4. The molecule has 7 heteroatoms. The molecule has 0 radical (unpaired) electrons. The third-order valence-electron chi connectivity index (χ3n) is 6.54. The molecule has 0 unspecified atom stereocenters. The second kappa shape index (κ2) is 16.5. The van der Waals surface area contributed by atoms with Crippen molar-refractivity contribution in [3.05, 3.63) is 83.9 Å². The smallest absolute Gasteiger partial charge is 0.248 e. The molecule has 0 aliphatic carbocycles. The van der Waals surface area contributed by atoms with E-state index in [9.17, 15) is 0 Å². The molecule has 0 spiro atoms. The Hall–Kier alpha value is -2.64. The van der Waals surface area contributed by atoms with Crippen LogP contribution in [0.4, 0.5) is 0 Å². The van der Waals surface area contributed by atoms with Gasteiger partial charge in [-0.1, -0.05) is 101 Å². The van der Waals surface area contributed by atoms with Crippen LogP contribution in [0.5, 0.6) is 11.5 Å². The molecule has 0 bridgehead atoms. The number of halogens is 2. The number of rotatable bonds is 17. The number of nitrogens with zero attached hydrogens (tertiary/aromatic N) is 2. The largest absolute Gasteiger partial charge is 0.494 e. The standard InChI is InChI=1S/C32H36Br2N2O3/c33-23-25-14-15-28(24-34)30(22-25)38-21-11-6-4-2-1-3-5-10-20-37-29-18-16-27(17-19-29)32-36-35-31(39-32)26-12-8-7-9-13-26/h7-9,12-19,22H,1-6,10-11,20-21,23-24H2. The van der Waals surface area contributed by atoms with Crippen molar-refractivity contribution in [2.24, 2.45) is 0 Å². The molecule has 39 heavy (non-hydrogen) atoms. The van der Waals surface area contributed by atoms with Crippen molar-refractivity contribution in [3.8, 4) is 34.4 Å². The van der Waals surface area contributed by atoms with E-state index in [0.29, 0.717) is 11.8 Å². The number of hydrogen-bond donors (Lipinski definition) is 0. The van der Waals surface area contributed by atoms with E-state index in [1.54, 1.807) is 0 Å². The van der Waals surface area contributed by atoms with Crippen molar-refractivity contribution in [1.29, 1.82) is 0 Å². The molecule has 0 saturated heterocycles. The first-order valence-corrected chi connectivity index (χ1v) is 16.0. The summed E-state index contributed by atoms with van der Waals surface area (Å²) in [6.45, 7) is 1.52. The number of ether oxygens (including phenoxy) is 2. The van der Waals surface area contributed by atoms with Crippen LogP contribution in [0.1, 0.15) is 62.5 Å². The average molecular weight is 656 g/mol. The Morgan fingerprint density at radius 1 is 0.590 bits per heavy atom. The molecule has 4 aromatic rings. The molecule has 3 aromatic carbocycles. The summed E-state index contributed by atoms with van der Waals surface area (Å²) in [6, 6.07) is 24.1. The van der Waals surface area contributed by atoms with Gasteiger partial charge in [0, 0.05) is 27.4 Å². The lowest BCUT2D eigenvalue weighted by atomic mass is 10.1. The van der Waals surface area contributed by atoms with Crippen LogP contribution in [0, 0.1) is 0 Å². The quantitative estimate of drug-likeness (QED) is 0.0837. The molecule has 0 atom stereocenters. The third kappa shape index (κ3) is 9.50. The summed E-state index contributed by atoms with van der Waals surface area (Å²) < 4.78 is 17.8. The number of alkyl halides is 2. The fraction of sp³-hybridized carbons (Fsp3) is 0.375. The van der Waals surface area contributed by atoms with E-state index >= 15 is 0 Å². The number of unbranched alkanes of at least 4 members (excludes halogenated alkanes) is 7. The second-order valence-electron chi connectivity index (χ2n) is 9.54. The molecule has 5 nitrogen and oxygen atoms in total. The summed E-state index contributed by atoms with van der Waals surface area (Å²) in [6.07, 6.45) is 9.69. The molecule has 0 fully saturated rings. The maximum Gasteiger partial charge on any atom is 0.248 e. The predicted octanol–water partition coefficient (Wildman–Crippen LogP) is 9.77. The monoisotopic (exact) mass is 654 g/mol. The minimum atomic E-state index is 0.511. The summed E-state index contributed by atoms with van der Waals surface area (Å²) in [5, 5.41) is 10.0. The first-order chi connectivity index (χ1) is 19.3. The zero-order valence-electron chi connectivity index (χ0n) is 22.3. The molecular weight excluding hydrogens is 620 g/mol. The maximum atomic E-state index is 6.05. The van der Waals surface area contributed by atoms with Gasteiger partial charge in [-0.05, 0) is 60.9 Å². The van der Waals surface area contributed by atoms with Crippen LogP contribution in [0.3, 0.4) is 0 Å². The predicted molar refractivity (Wildman–Crippen MR) is 165 cm³/mol. The molecule has 0 saturated carbocycles. The van der Waals surface area contributed by atoms with E-state index in [0.717, 1.165) is 59.3 Å². The van der Waals surface area contributed by atoms with Gasteiger partial charge in [0.1, 0.15) is 11.5 Å². The van der Waals surface area contributed by atoms with Gasteiger partial charge in [0.15, 0.2) is 0 Å². The maximum absolute atomic E-state index is 6.05. The molecule has 0 N–H and O–H groups in total. The minimum Gasteiger partial charge on any atom is -0.494 e. The molecule has 0 amide bonds. The molecule has 1 aromatic heterocycles. The topological polar surface area (TPSA) is 57.4 Å². The summed E-state index contributed by atoms with van der Waals surface area (Å²) in [5.74, 6) is 2.91. The van der Waals surface area contributed by atoms with Gasteiger partial charge in [0.05, 0.1) is 13.2 Å². The normalized spacial score (nSPS) is 11.0. The van der Waals surface area contributed by atoms with Crippen LogP contribution in [-0.4, -0.2) is 23.4 Å². The fourth-order valence-electron chi connectivity index (χ4n) is 4.29. The van der Waals surface area contributed by atoms with E-state index in [1.165, 1.54) is 49.7 Å². The van der Waals surface area contributed by atoms with Crippen LogP contribution in [0.2, 0.25) is 0 Å². The van der Waals surface area contributed by atoms with Crippen molar-refractivity contribution >= 4 is 31.9 Å². The van der Waals surface area contributed by atoms with Crippen LogP contribution < -0.4 is 9.47 Å². The van der Waals surface area contributed by atoms with Gasteiger partial charge in [0.25, 0.3) is 0 Å². The number of hydrogen-bond acceptors (Lipinski definition) is 5. The van der Waals surface area contributed by atoms with E-state index in [4.69, 9.17) is 13.9 Å². The molecule has 4 rings (SSSR count). The Morgan fingerprint density at radius 2 is 1.18 bits per heavy atom. The van der Waals surface area contributed by atoms with Gasteiger partial charge in [-0.3, -0.25) is 0 Å². The van der Waals surface area contributed by atoms with Crippen molar-refractivity contribution in [3.63, 3.8) is 0 Å². The van der Waals surface area contributed by atoms with Crippen molar-refractivity contribution in [1.82, 2.24) is 10.2 Å².